The summed E-state index contributed by atoms with van der Waals surface area (Å²) in [7, 11) is 2.78. The van der Waals surface area contributed by atoms with Crippen molar-refractivity contribution in [3.8, 4) is 0 Å². The van der Waals surface area contributed by atoms with Gasteiger partial charge in [0.05, 0.1) is 0 Å². The van der Waals surface area contributed by atoms with Crippen LogP contribution in [-0.2, 0) is 39.0 Å². The van der Waals surface area contributed by atoms with Crippen molar-refractivity contribution in [1.29, 1.82) is 5.53 Å². The Balaban J connectivity index is -0.0000000200. The first-order valence-electron chi connectivity index (χ1n) is 0.540. The maximum absolute atomic E-state index is 5.72. The third-order valence-corrected chi connectivity index (χ3v) is 0. The minimum atomic E-state index is 0. The van der Waals surface area contributed by atoms with Crippen LogP contribution in [0.4, 0.5) is 0 Å². The number of rotatable bonds is 0. The van der Waals surface area contributed by atoms with Crippen molar-refractivity contribution >= 4 is 0 Å². The molecular weight excluding hydrogens is 171 g/mol. The molecule has 4 heteroatoms. The van der Waals surface area contributed by atoms with Crippen molar-refractivity contribution in [3.05, 3.63) is 7.05 Å². The molecule has 0 amide bonds. The molecule has 0 unspecified atom stereocenters. The van der Waals surface area contributed by atoms with Gasteiger partial charge in [0.2, 0.25) is 0 Å². The average molecular weight is 174 g/mol. The van der Waals surface area contributed by atoms with Gasteiger partial charge in [0.25, 0.3) is 0 Å². The molecule has 0 aromatic carbocycles. The molecule has 0 rings (SSSR count). The minimum absolute atomic E-state index is 0. The minimum Gasteiger partial charge on any atom is -0.362 e. The molecule has 5 heavy (non-hydrogen) atoms. The van der Waals surface area contributed by atoms with E-state index in [1.54, 1.807) is 0 Å². The molecule has 0 saturated carbocycles. The molecule has 0 aliphatic rings. The van der Waals surface area contributed by atoms with Crippen LogP contribution in [0.25, 0.3) is 0 Å². The van der Waals surface area contributed by atoms with E-state index >= 15 is 0 Å². The van der Waals surface area contributed by atoms with E-state index in [-0.39, 0.29) is 39.0 Å². The Hall–Kier alpha value is 0.717. The second-order valence-corrected chi connectivity index (χ2v) is 0.158. The molecule has 1 N–H and O–H groups in total. The van der Waals surface area contributed by atoms with Crippen molar-refractivity contribution in [1.82, 2.24) is 0 Å². The predicted octanol–water partition coefficient (Wildman–Crippen LogP) is 0.804. The molecule has 0 aromatic heterocycles. The van der Waals surface area contributed by atoms with Crippen molar-refractivity contribution in [3.63, 3.8) is 0 Å². The first-order valence-corrected chi connectivity index (χ1v) is 0.540. The molecule has 0 radical (unpaired) electrons. The Morgan fingerprint density at radius 1 is 1.40 bits per heavy atom. The van der Waals surface area contributed by atoms with Gasteiger partial charge in [0.1, 0.15) is 0 Å². The zero-order valence-corrected chi connectivity index (χ0v) is 9.00. The first-order chi connectivity index (χ1) is 1.41. The Labute approximate surface area is 56.7 Å². The summed E-state index contributed by atoms with van der Waals surface area (Å²) in [4.78, 5) is 0. The van der Waals surface area contributed by atoms with Crippen LogP contribution in [0.3, 0.4) is 0 Å². The van der Waals surface area contributed by atoms with Crippen LogP contribution in [-0.4, -0.2) is 0 Å². The number of nitrogens with zero attached hydrogens (tertiary/aromatic N) is 1. The van der Waals surface area contributed by atoms with Gasteiger partial charge < -0.3 is 5.11 Å². The second kappa shape index (κ2) is 22.1. The molecule has 2 nitrogen and oxygen atoms in total. The molecule has 0 atom stereocenters. The Bertz CT molecular complexity index is 15.1. The van der Waals surface area contributed by atoms with Crippen molar-refractivity contribution in [2.75, 3.05) is 0 Å². The van der Waals surface area contributed by atoms with Crippen LogP contribution < -0.4 is 0 Å². The molecule has 0 bridgehead atoms. The topological polar surface area (TPSA) is 36.2 Å². The summed E-state index contributed by atoms with van der Waals surface area (Å²) in [5.74, 6) is 0. The van der Waals surface area contributed by atoms with E-state index < -0.39 is 0 Å². The molecule has 0 spiro atoms. The summed E-state index contributed by atoms with van der Waals surface area (Å²) in [5.41, 5.74) is 5.72. The zero-order chi connectivity index (χ0) is 2.71. The van der Waals surface area contributed by atoms with E-state index in [1.165, 1.54) is 0 Å². The Morgan fingerprint density at radius 2 is 1.40 bits per heavy atom. The van der Waals surface area contributed by atoms with E-state index in [4.69, 9.17) is 5.53 Å². The van der Waals surface area contributed by atoms with E-state index in [2.05, 4.69) is 12.2 Å². The Morgan fingerprint density at radius 3 is 1.40 bits per heavy atom. The smallest absolute Gasteiger partial charge is 0 e. The third kappa shape index (κ3) is 67.8. The molecule has 0 heterocycles. The van der Waals surface area contributed by atoms with Gasteiger partial charge in [-0.2, -0.15) is 0 Å². The van der Waals surface area contributed by atoms with E-state index in [0.717, 1.165) is 0 Å². The number of hydrogen-bond donors (Lipinski definition) is 1. The molecule has 0 aliphatic carbocycles. The van der Waals surface area contributed by atoms with Crippen LogP contribution in [0, 0.1) is 12.6 Å². The van der Waals surface area contributed by atoms with Gasteiger partial charge >= 0.3 is 0 Å². The summed E-state index contributed by atoms with van der Waals surface area (Å²) in [5, 5.41) is 2.50. The van der Waals surface area contributed by atoms with Crippen LogP contribution >= 0.6 is 0 Å². The van der Waals surface area contributed by atoms with Gasteiger partial charge in [-0.05, 0) is 0 Å². The maximum Gasteiger partial charge on any atom is 0 e. The van der Waals surface area contributed by atoms with Crippen molar-refractivity contribution in [2.45, 2.75) is 0 Å². The largest absolute Gasteiger partial charge is 0.362 e. The second-order valence-electron chi connectivity index (χ2n) is 0.158. The quantitative estimate of drug-likeness (QED) is 0.320. The number of nitrogens with one attached hydrogen (secondary N) is 1. The summed E-state index contributed by atoms with van der Waals surface area (Å²) < 4.78 is 0. The molecule has 0 aliphatic heterocycles. The molecule has 0 fully saturated rings. The summed E-state index contributed by atoms with van der Waals surface area (Å²) >= 11 is 0. The third-order valence-electron chi connectivity index (χ3n) is 0. The average Bonchev–Trinajstić information content (AvgIpc) is 0.918. The summed E-state index contributed by atoms with van der Waals surface area (Å²) in [6.07, 6.45) is 0. The zero-order valence-electron chi connectivity index (χ0n) is 3.07. The van der Waals surface area contributed by atoms with E-state index in [1.807, 2.05) is 0 Å². The van der Waals surface area contributed by atoms with Gasteiger partial charge in [0.15, 0.2) is 0 Å². The summed E-state index contributed by atoms with van der Waals surface area (Å²) in [6.45, 7) is 0. The van der Waals surface area contributed by atoms with Crippen molar-refractivity contribution in [2.24, 2.45) is 5.11 Å². The number of hydrogen-bond acceptors (Lipinski definition) is 2. The van der Waals surface area contributed by atoms with E-state index in [0.29, 0.717) is 0 Å². The monoisotopic (exact) mass is 171 g/mol. The molecular formula is CH3N2Zn2-. The van der Waals surface area contributed by atoms with Gasteiger partial charge in [-0.25, -0.2) is 5.53 Å². The van der Waals surface area contributed by atoms with Crippen LogP contribution in [0.1, 0.15) is 0 Å². The van der Waals surface area contributed by atoms with E-state index in [9.17, 15) is 0 Å². The SMILES string of the molecule is [CH2-]N=N.[Zn].[Zn]. The van der Waals surface area contributed by atoms with Gasteiger partial charge in [-0.1, -0.05) is 0 Å². The fourth-order valence-corrected chi connectivity index (χ4v) is 0. The Kier molecular flexibility index (Phi) is 76.2. The van der Waals surface area contributed by atoms with Crippen LogP contribution in [0.5, 0.6) is 0 Å². The van der Waals surface area contributed by atoms with Crippen molar-refractivity contribution < 1.29 is 39.0 Å². The predicted molar refractivity (Wildman–Crippen MR) is 10.5 cm³/mol. The summed E-state index contributed by atoms with van der Waals surface area (Å²) in [6, 6.07) is 0. The van der Waals surface area contributed by atoms with Crippen LogP contribution in [0.15, 0.2) is 5.11 Å². The maximum atomic E-state index is 5.72. The fourth-order valence-electron chi connectivity index (χ4n) is 0. The van der Waals surface area contributed by atoms with Crippen LogP contribution in [0.2, 0.25) is 0 Å². The molecule has 0 aromatic rings. The standard InChI is InChI=1S/CH3N2.2Zn/c1-3-2;;/h2H,1H2;;/q-1;;. The molecule has 0 saturated heterocycles. The van der Waals surface area contributed by atoms with Gasteiger partial charge in [-0.15, -0.1) is 0 Å². The van der Waals surface area contributed by atoms with Gasteiger partial charge in [-0.3, -0.25) is 7.05 Å². The van der Waals surface area contributed by atoms with Gasteiger partial charge in [0, 0.05) is 39.0 Å². The molecule has 22 valence electrons. The fraction of sp³-hybridized carbons (Fsp3) is 0. The normalized spacial score (nSPS) is 2.40. The first kappa shape index (κ1) is 17.2.